The summed E-state index contributed by atoms with van der Waals surface area (Å²) in [4.78, 5) is 13.4. The third-order valence-corrected chi connectivity index (χ3v) is 2.78. The van der Waals surface area contributed by atoms with E-state index in [2.05, 4.69) is 15.5 Å². The van der Waals surface area contributed by atoms with Gasteiger partial charge in [-0.1, -0.05) is 18.2 Å². The third kappa shape index (κ3) is 3.64. The zero-order valence-corrected chi connectivity index (χ0v) is 11.5. The standard InChI is InChI=1S/C14H18N4O2/c1-10(8-11(2)19)16-14(20)13-9-15-18(17-13)12-6-4-3-5-7-12/h3-7,9-11,19H,8H2,1-2H3,(H,16,20). The predicted molar refractivity (Wildman–Crippen MR) is 74.6 cm³/mol. The van der Waals surface area contributed by atoms with E-state index in [-0.39, 0.29) is 17.6 Å². The minimum atomic E-state index is -0.453. The molecule has 0 fully saturated rings. The Balaban J connectivity index is 2.04. The highest BCUT2D eigenvalue weighted by molar-refractivity contribution is 5.92. The quantitative estimate of drug-likeness (QED) is 0.857. The number of hydrogen-bond donors (Lipinski definition) is 2. The van der Waals surface area contributed by atoms with Crippen LogP contribution in [0.2, 0.25) is 0 Å². The van der Waals surface area contributed by atoms with Crippen molar-refractivity contribution < 1.29 is 9.90 Å². The Labute approximate surface area is 117 Å². The number of para-hydroxylation sites is 1. The number of aromatic nitrogens is 3. The molecule has 1 aromatic carbocycles. The van der Waals surface area contributed by atoms with Gasteiger partial charge in [0.15, 0.2) is 5.69 Å². The smallest absolute Gasteiger partial charge is 0.273 e. The van der Waals surface area contributed by atoms with Gasteiger partial charge in [0.1, 0.15) is 0 Å². The largest absolute Gasteiger partial charge is 0.393 e. The van der Waals surface area contributed by atoms with Crippen LogP contribution in [0.3, 0.4) is 0 Å². The van der Waals surface area contributed by atoms with Crippen LogP contribution in [0.4, 0.5) is 0 Å². The Morgan fingerprint density at radius 3 is 2.70 bits per heavy atom. The molecule has 0 radical (unpaired) electrons. The van der Waals surface area contributed by atoms with Crippen molar-refractivity contribution in [2.24, 2.45) is 0 Å². The molecule has 0 bridgehead atoms. The van der Waals surface area contributed by atoms with Gasteiger partial charge in [0.05, 0.1) is 18.0 Å². The minimum absolute atomic E-state index is 0.121. The highest BCUT2D eigenvalue weighted by atomic mass is 16.3. The average molecular weight is 274 g/mol. The van der Waals surface area contributed by atoms with Crippen molar-refractivity contribution in [3.8, 4) is 5.69 Å². The second kappa shape index (κ2) is 6.29. The highest BCUT2D eigenvalue weighted by Crippen LogP contribution is 2.05. The summed E-state index contributed by atoms with van der Waals surface area (Å²) >= 11 is 0. The van der Waals surface area contributed by atoms with Gasteiger partial charge in [-0.05, 0) is 32.4 Å². The Morgan fingerprint density at radius 1 is 1.35 bits per heavy atom. The van der Waals surface area contributed by atoms with Crippen LogP contribution >= 0.6 is 0 Å². The summed E-state index contributed by atoms with van der Waals surface area (Å²) < 4.78 is 0. The lowest BCUT2D eigenvalue weighted by molar-refractivity contribution is 0.0917. The summed E-state index contributed by atoms with van der Waals surface area (Å²) in [6.45, 7) is 3.53. The number of aliphatic hydroxyl groups excluding tert-OH is 1. The van der Waals surface area contributed by atoms with Gasteiger partial charge in [-0.2, -0.15) is 9.90 Å². The summed E-state index contributed by atoms with van der Waals surface area (Å²) in [5, 5.41) is 20.3. The van der Waals surface area contributed by atoms with Crippen molar-refractivity contribution in [2.75, 3.05) is 0 Å². The third-order valence-electron chi connectivity index (χ3n) is 2.78. The van der Waals surface area contributed by atoms with Crippen LogP contribution in [0.1, 0.15) is 30.8 Å². The van der Waals surface area contributed by atoms with E-state index in [4.69, 9.17) is 0 Å². The fourth-order valence-corrected chi connectivity index (χ4v) is 1.92. The van der Waals surface area contributed by atoms with Gasteiger partial charge >= 0.3 is 0 Å². The lowest BCUT2D eigenvalue weighted by Gasteiger charge is -2.14. The average Bonchev–Trinajstić information content (AvgIpc) is 2.88. The van der Waals surface area contributed by atoms with Crippen LogP contribution in [0.15, 0.2) is 36.5 Å². The van der Waals surface area contributed by atoms with Gasteiger partial charge in [0.25, 0.3) is 5.91 Å². The molecule has 20 heavy (non-hydrogen) atoms. The fourth-order valence-electron chi connectivity index (χ4n) is 1.92. The van der Waals surface area contributed by atoms with Crippen molar-refractivity contribution in [1.82, 2.24) is 20.3 Å². The molecule has 0 aliphatic rings. The van der Waals surface area contributed by atoms with Crippen LogP contribution in [0.25, 0.3) is 5.69 Å². The Bertz CT molecular complexity index is 566. The summed E-state index contributed by atoms with van der Waals surface area (Å²) in [6.07, 6.45) is 1.47. The van der Waals surface area contributed by atoms with E-state index in [1.165, 1.54) is 11.0 Å². The molecule has 2 atom stereocenters. The van der Waals surface area contributed by atoms with Crippen molar-refractivity contribution in [2.45, 2.75) is 32.4 Å². The molecule has 0 aliphatic heterocycles. The molecule has 1 aromatic heterocycles. The number of rotatable bonds is 5. The first-order valence-corrected chi connectivity index (χ1v) is 6.53. The number of nitrogens with zero attached hydrogens (tertiary/aromatic N) is 3. The van der Waals surface area contributed by atoms with Crippen LogP contribution < -0.4 is 5.32 Å². The molecule has 1 heterocycles. The maximum Gasteiger partial charge on any atom is 0.273 e. The van der Waals surface area contributed by atoms with Crippen LogP contribution in [-0.2, 0) is 0 Å². The Hall–Kier alpha value is -2.21. The molecule has 6 heteroatoms. The molecular formula is C14H18N4O2. The van der Waals surface area contributed by atoms with Gasteiger partial charge in [0, 0.05) is 6.04 Å². The lowest BCUT2D eigenvalue weighted by atomic mass is 10.1. The first-order valence-electron chi connectivity index (χ1n) is 6.53. The second-order valence-corrected chi connectivity index (χ2v) is 4.81. The normalized spacial score (nSPS) is 13.8. The van der Waals surface area contributed by atoms with Crippen LogP contribution in [0.5, 0.6) is 0 Å². The lowest BCUT2D eigenvalue weighted by Crippen LogP contribution is -2.34. The summed E-state index contributed by atoms with van der Waals surface area (Å²) in [6, 6.07) is 9.25. The zero-order valence-electron chi connectivity index (χ0n) is 11.5. The van der Waals surface area contributed by atoms with E-state index in [1.54, 1.807) is 6.92 Å². The summed E-state index contributed by atoms with van der Waals surface area (Å²) in [5.74, 6) is -0.291. The number of benzene rings is 1. The van der Waals surface area contributed by atoms with E-state index in [1.807, 2.05) is 37.3 Å². The van der Waals surface area contributed by atoms with Crippen molar-refractivity contribution in [3.63, 3.8) is 0 Å². The van der Waals surface area contributed by atoms with E-state index in [0.29, 0.717) is 6.42 Å². The number of amides is 1. The molecule has 0 saturated carbocycles. The van der Waals surface area contributed by atoms with Gasteiger partial charge in [-0.3, -0.25) is 4.79 Å². The maximum absolute atomic E-state index is 12.0. The molecule has 2 N–H and O–H groups in total. The van der Waals surface area contributed by atoms with Gasteiger partial charge in [-0.15, -0.1) is 5.10 Å². The van der Waals surface area contributed by atoms with Crippen molar-refractivity contribution in [3.05, 3.63) is 42.2 Å². The second-order valence-electron chi connectivity index (χ2n) is 4.81. The molecule has 106 valence electrons. The molecule has 6 nitrogen and oxygen atoms in total. The molecule has 1 amide bonds. The Morgan fingerprint density at radius 2 is 2.05 bits per heavy atom. The highest BCUT2D eigenvalue weighted by Gasteiger charge is 2.15. The first kappa shape index (κ1) is 14.2. The SMILES string of the molecule is CC(O)CC(C)NC(=O)c1cnn(-c2ccccc2)n1. The number of hydrogen-bond acceptors (Lipinski definition) is 4. The zero-order chi connectivity index (χ0) is 14.5. The van der Waals surface area contributed by atoms with E-state index in [0.717, 1.165) is 5.69 Å². The molecule has 2 rings (SSSR count). The molecule has 2 unspecified atom stereocenters. The van der Waals surface area contributed by atoms with Crippen molar-refractivity contribution in [1.29, 1.82) is 0 Å². The molecule has 0 saturated heterocycles. The monoisotopic (exact) mass is 274 g/mol. The van der Waals surface area contributed by atoms with Crippen LogP contribution in [0, 0.1) is 0 Å². The van der Waals surface area contributed by atoms with E-state index in [9.17, 15) is 9.90 Å². The van der Waals surface area contributed by atoms with E-state index < -0.39 is 6.10 Å². The topological polar surface area (TPSA) is 80.0 Å². The van der Waals surface area contributed by atoms with Gasteiger partial charge in [0.2, 0.25) is 0 Å². The molecule has 2 aromatic rings. The maximum atomic E-state index is 12.0. The molecular weight excluding hydrogens is 256 g/mol. The van der Waals surface area contributed by atoms with Gasteiger partial charge in [-0.25, -0.2) is 0 Å². The first-order chi connectivity index (χ1) is 9.56. The van der Waals surface area contributed by atoms with Crippen molar-refractivity contribution >= 4 is 5.91 Å². The number of nitrogens with one attached hydrogen (secondary N) is 1. The summed E-state index contributed by atoms with van der Waals surface area (Å²) in [5.41, 5.74) is 1.05. The fraction of sp³-hybridized carbons (Fsp3) is 0.357. The summed E-state index contributed by atoms with van der Waals surface area (Å²) in [7, 11) is 0. The minimum Gasteiger partial charge on any atom is -0.393 e. The number of carbonyl (C=O) groups is 1. The van der Waals surface area contributed by atoms with E-state index >= 15 is 0 Å². The predicted octanol–water partition coefficient (Wildman–Crippen LogP) is 1.16. The van der Waals surface area contributed by atoms with Gasteiger partial charge < -0.3 is 10.4 Å². The molecule has 0 spiro atoms. The number of carbonyl (C=O) groups excluding carboxylic acids is 1. The van der Waals surface area contributed by atoms with Crippen LogP contribution in [-0.4, -0.2) is 38.2 Å². The number of aliphatic hydroxyl groups is 1. The molecule has 0 aliphatic carbocycles. The Kier molecular flexibility index (Phi) is 4.47.